The van der Waals surface area contributed by atoms with Gasteiger partial charge in [-0.15, -0.1) is 0 Å². The molecule has 1 amide bonds. The van der Waals surface area contributed by atoms with Crippen LogP contribution >= 0.6 is 0 Å². The standard InChI is InChI=1S/C22H32N4O3/c1-4-26-21(14-17(2)24-26)22(27)23-16-18-6-5-7-20(15-18)29-13-10-25(3)19-8-11-28-12-9-19/h5-7,14-15,19H,4,8-13,16H2,1-3H3,(H,23,27). The molecule has 1 aliphatic rings. The van der Waals surface area contributed by atoms with Crippen LogP contribution in [0.1, 0.15) is 41.5 Å². The molecule has 0 saturated carbocycles. The van der Waals surface area contributed by atoms with Gasteiger partial charge in [-0.05, 0) is 57.5 Å². The predicted molar refractivity (Wildman–Crippen MR) is 112 cm³/mol. The molecular formula is C22H32N4O3. The highest BCUT2D eigenvalue weighted by Crippen LogP contribution is 2.15. The van der Waals surface area contributed by atoms with E-state index in [1.165, 1.54) is 0 Å². The molecule has 0 radical (unpaired) electrons. The summed E-state index contributed by atoms with van der Waals surface area (Å²) in [5.74, 6) is 0.712. The summed E-state index contributed by atoms with van der Waals surface area (Å²) in [6.45, 7) is 8.20. The summed E-state index contributed by atoms with van der Waals surface area (Å²) >= 11 is 0. The minimum atomic E-state index is -0.114. The van der Waals surface area contributed by atoms with E-state index in [0.717, 1.165) is 49.6 Å². The van der Waals surface area contributed by atoms with Crippen molar-refractivity contribution in [1.29, 1.82) is 0 Å². The molecular weight excluding hydrogens is 368 g/mol. The van der Waals surface area contributed by atoms with Gasteiger partial charge in [0.15, 0.2) is 0 Å². The van der Waals surface area contributed by atoms with Crippen molar-refractivity contribution in [3.63, 3.8) is 0 Å². The summed E-state index contributed by atoms with van der Waals surface area (Å²) in [5.41, 5.74) is 2.44. The van der Waals surface area contributed by atoms with Crippen molar-refractivity contribution in [2.45, 2.75) is 45.8 Å². The van der Waals surface area contributed by atoms with Crippen LogP contribution in [0.5, 0.6) is 5.75 Å². The number of aromatic nitrogens is 2. The maximum atomic E-state index is 12.5. The topological polar surface area (TPSA) is 68.6 Å². The van der Waals surface area contributed by atoms with E-state index in [1.54, 1.807) is 4.68 Å². The fraction of sp³-hybridized carbons (Fsp3) is 0.545. The lowest BCUT2D eigenvalue weighted by atomic mass is 10.1. The molecule has 158 valence electrons. The zero-order valence-corrected chi connectivity index (χ0v) is 17.7. The largest absolute Gasteiger partial charge is 0.492 e. The maximum Gasteiger partial charge on any atom is 0.269 e. The van der Waals surface area contributed by atoms with Crippen LogP contribution in [0.4, 0.5) is 0 Å². The van der Waals surface area contributed by atoms with Crippen molar-refractivity contribution < 1.29 is 14.3 Å². The molecule has 2 heterocycles. The first-order valence-electron chi connectivity index (χ1n) is 10.4. The smallest absolute Gasteiger partial charge is 0.269 e. The number of hydrogen-bond donors (Lipinski definition) is 1. The number of nitrogens with zero attached hydrogens (tertiary/aromatic N) is 3. The van der Waals surface area contributed by atoms with Gasteiger partial charge in [0.2, 0.25) is 0 Å². The molecule has 0 aliphatic carbocycles. The summed E-state index contributed by atoms with van der Waals surface area (Å²) in [6.07, 6.45) is 2.17. The molecule has 1 saturated heterocycles. The number of aryl methyl sites for hydroxylation is 2. The number of ether oxygens (including phenoxy) is 2. The lowest BCUT2D eigenvalue weighted by Crippen LogP contribution is -2.38. The molecule has 0 bridgehead atoms. The number of amides is 1. The van der Waals surface area contributed by atoms with Gasteiger partial charge in [0.25, 0.3) is 5.91 Å². The molecule has 3 rings (SSSR count). The van der Waals surface area contributed by atoms with Gasteiger partial charge < -0.3 is 14.8 Å². The Morgan fingerprint density at radius 1 is 1.34 bits per heavy atom. The Bertz CT molecular complexity index is 799. The molecule has 29 heavy (non-hydrogen) atoms. The van der Waals surface area contributed by atoms with Crippen LogP contribution < -0.4 is 10.1 Å². The molecule has 7 heteroatoms. The lowest BCUT2D eigenvalue weighted by molar-refractivity contribution is 0.0392. The van der Waals surface area contributed by atoms with Crippen LogP contribution in [0.2, 0.25) is 0 Å². The molecule has 0 atom stereocenters. The second-order valence-electron chi connectivity index (χ2n) is 7.49. The van der Waals surface area contributed by atoms with Gasteiger partial charge in [-0.2, -0.15) is 5.10 Å². The van der Waals surface area contributed by atoms with Crippen LogP contribution in [0, 0.1) is 6.92 Å². The quantitative estimate of drug-likeness (QED) is 0.701. The van der Waals surface area contributed by atoms with Crippen molar-refractivity contribution in [3.05, 3.63) is 47.3 Å². The molecule has 0 spiro atoms. The number of carbonyl (C=O) groups is 1. The predicted octanol–water partition coefficient (Wildman–Crippen LogP) is 2.63. The number of hydrogen-bond acceptors (Lipinski definition) is 5. The molecule has 2 aromatic rings. The Morgan fingerprint density at radius 3 is 2.90 bits per heavy atom. The van der Waals surface area contributed by atoms with E-state index in [9.17, 15) is 4.79 Å². The zero-order chi connectivity index (χ0) is 20.6. The molecule has 1 aromatic carbocycles. The van der Waals surface area contributed by atoms with Crippen molar-refractivity contribution >= 4 is 5.91 Å². The summed E-state index contributed by atoms with van der Waals surface area (Å²) < 4.78 is 13.1. The van der Waals surface area contributed by atoms with Gasteiger partial charge in [0, 0.05) is 38.9 Å². The van der Waals surface area contributed by atoms with Gasteiger partial charge in [-0.1, -0.05) is 12.1 Å². The normalized spacial score (nSPS) is 14.9. The van der Waals surface area contributed by atoms with Crippen molar-refractivity contribution in [2.75, 3.05) is 33.4 Å². The minimum Gasteiger partial charge on any atom is -0.492 e. The summed E-state index contributed by atoms with van der Waals surface area (Å²) in [4.78, 5) is 14.8. The Morgan fingerprint density at radius 2 is 2.14 bits per heavy atom. The Kier molecular flexibility index (Phi) is 7.66. The first kappa shape index (κ1) is 21.3. The zero-order valence-electron chi connectivity index (χ0n) is 17.7. The van der Waals surface area contributed by atoms with Gasteiger partial charge in [-0.3, -0.25) is 14.4 Å². The highest BCUT2D eigenvalue weighted by Gasteiger charge is 2.18. The lowest BCUT2D eigenvalue weighted by Gasteiger charge is -2.31. The Labute approximate surface area is 173 Å². The Balaban J connectivity index is 1.47. The monoisotopic (exact) mass is 400 g/mol. The molecule has 1 fully saturated rings. The fourth-order valence-electron chi connectivity index (χ4n) is 3.60. The number of nitrogens with one attached hydrogen (secondary N) is 1. The minimum absolute atomic E-state index is 0.114. The van der Waals surface area contributed by atoms with E-state index in [-0.39, 0.29) is 5.91 Å². The third-order valence-electron chi connectivity index (χ3n) is 5.31. The summed E-state index contributed by atoms with van der Waals surface area (Å²) in [6, 6.07) is 10.3. The van der Waals surface area contributed by atoms with E-state index in [0.29, 0.717) is 31.4 Å². The highest BCUT2D eigenvalue weighted by atomic mass is 16.5. The van der Waals surface area contributed by atoms with Crippen LogP contribution in [0.25, 0.3) is 0 Å². The fourth-order valence-corrected chi connectivity index (χ4v) is 3.60. The summed E-state index contributed by atoms with van der Waals surface area (Å²) in [7, 11) is 2.15. The second-order valence-corrected chi connectivity index (χ2v) is 7.49. The van der Waals surface area contributed by atoms with Crippen molar-refractivity contribution in [1.82, 2.24) is 20.0 Å². The summed E-state index contributed by atoms with van der Waals surface area (Å²) in [5, 5.41) is 7.30. The maximum absolute atomic E-state index is 12.5. The van der Waals surface area contributed by atoms with Gasteiger partial charge in [0.05, 0.1) is 5.69 Å². The molecule has 7 nitrogen and oxygen atoms in total. The molecule has 1 aliphatic heterocycles. The van der Waals surface area contributed by atoms with Crippen LogP contribution in [0.3, 0.4) is 0 Å². The van der Waals surface area contributed by atoms with Gasteiger partial charge in [0.1, 0.15) is 18.1 Å². The molecule has 1 aromatic heterocycles. The third kappa shape index (κ3) is 6.05. The van der Waals surface area contributed by atoms with Crippen LogP contribution in [-0.4, -0.2) is 60.0 Å². The van der Waals surface area contributed by atoms with E-state index in [1.807, 2.05) is 44.2 Å². The van der Waals surface area contributed by atoms with Crippen LogP contribution in [0.15, 0.2) is 30.3 Å². The number of carbonyl (C=O) groups excluding carboxylic acids is 1. The first-order chi connectivity index (χ1) is 14.1. The highest BCUT2D eigenvalue weighted by molar-refractivity contribution is 5.92. The van der Waals surface area contributed by atoms with E-state index < -0.39 is 0 Å². The molecule has 0 unspecified atom stereocenters. The van der Waals surface area contributed by atoms with Gasteiger partial charge >= 0.3 is 0 Å². The number of benzene rings is 1. The number of rotatable bonds is 9. The SMILES string of the molecule is CCn1nc(C)cc1C(=O)NCc1cccc(OCCN(C)C2CCOCC2)c1. The van der Waals surface area contributed by atoms with E-state index >= 15 is 0 Å². The van der Waals surface area contributed by atoms with Crippen molar-refractivity contribution in [2.24, 2.45) is 0 Å². The average Bonchev–Trinajstić information content (AvgIpc) is 3.14. The second kappa shape index (κ2) is 10.4. The Hall–Kier alpha value is -2.38. The number of likely N-dealkylation sites (N-methyl/N-ethyl adjacent to an activating group) is 1. The third-order valence-corrected chi connectivity index (χ3v) is 5.31. The average molecular weight is 401 g/mol. The van der Waals surface area contributed by atoms with E-state index in [2.05, 4.69) is 22.4 Å². The van der Waals surface area contributed by atoms with Gasteiger partial charge in [-0.25, -0.2) is 0 Å². The van der Waals surface area contributed by atoms with Crippen LogP contribution in [-0.2, 0) is 17.8 Å². The molecule has 1 N–H and O–H groups in total. The van der Waals surface area contributed by atoms with E-state index in [4.69, 9.17) is 9.47 Å². The van der Waals surface area contributed by atoms with Crippen molar-refractivity contribution in [3.8, 4) is 5.75 Å². The first-order valence-corrected chi connectivity index (χ1v) is 10.4.